The van der Waals surface area contributed by atoms with Crippen LogP contribution in [0.5, 0.6) is 11.5 Å². The van der Waals surface area contributed by atoms with Gasteiger partial charge in [0.2, 0.25) is 11.2 Å². The number of pyridine rings is 1. The van der Waals surface area contributed by atoms with Crippen LogP contribution in [0.15, 0.2) is 35.3 Å². The smallest absolute Gasteiger partial charge is 0.256 e. The molecule has 1 saturated heterocycles. The number of aromatic nitrogens is 1. The first-order valence-corrected chi connectivity index (χ1v) is 10.5. The van der Waals surface area contributed by atoms with Crippen LogP contribution in [0.3, 0.4) is 0 Å². The summed E-state index contributed by atoms with van der Waals surface area (Å²) in [7, 11) is 0. The summed E-state index contributed by atoms with van der Waals surface area (Å²) in [6, 6.07) is 5.46. The Hall–Kier alpha value is -3.01. The van der Waals surface area contributed by atoms with Crippen molar-refractivity contribution in [3.63, 3.8) is 0 Å². The molecule has 2 aromatic carbocycles. The number of halogens is 3. The Balaban J connectivity index is 1.56. The zero-order chi connectivity index (χ0) is 22.4. The van der Waals surface area contributed by atoms with Crippen LogP contribution in [0.2, 0.25) is 5.02 Å². The van der Waals surface area contributed by atoms with Gasteiger partial charge in [-0.15, -0.1) is 0 Å². The Labute approximate surface area is 186 Å². The van der Waals surface area contributed by atoms with Gasteiger partial charge < -0.3 is 19.4 Å². The third-order valence-corrected chi connectivity index (χ3v) is 5.83. The van der Waals surface area contributed by atoms with Crippen LogP contribution < -0.4 is 15.5 Å². The highest BCUT2D eigenvalue weighted by molar-refractivity contribution is 6.30. The van der Waals surface area contributed by atoms with Gasteiger partial charge >= 0.3 is 0 Å². The summed E-state index contributed by atoms with van der Waals surface area (Å²) in [6.07, 6.45) is 1.32. The van der Waals surface area contributed by atoms with Crippen molar-refractivity contribution in [2.75, 3.05) is 39.4 Å². The number of morpholine rings is 1. The van der Waals surface area contributed by atoms with E-state index in [4.69, 9.17) is 21.1 Å². The van der Waals surface area contributed by atoms with Crippen molar-refractivity contribution in [1.82, 2.24) is 14.8 Å². The van der Waals surface area contributed by atoms with Crippen molar-refractivity contribution in [3.8, 4) is 17.2 Å². The molecule has 3 aromatic rings. The molecule has 5 rings (SSSR count). The minimum Gasteiger partial charge on any atom is -0.450 e. The molecule has 0 spiro atoms. The van der Waals surface area contributed by atoms with Gasteiger partial charge in [0.05, 0.1) is 24.3 Å². The average molecular weight is 462 g/mol. The molecule has 7 nitrogen and oxygen atoms in total. The van der Waals surface area contributed by atoms with Gasteiger partial charge in [-0.05, 0) is 18.2 Å². The summed E-state index contributed by atoms with van der Waals surface area (Å²) in [4.78, 5) is 28.0. The van der Waals surface area contributed by atoms with Gasteiger partial charge in [-0.2, -0.15) is 4.39 Å². The topological polar surface area (TPSA) is 72.8 Å². The van der Waals surface area contributed by atoms with Gasteiger partial charge in [-0.25, -0.2) is 4.39 Å². The van der Waals surface area contributed by atoms with E-state index in [1.807, 2.05) is 0 Å². The number of benzene rings is 2. The molecule has 0 atom stereocenters. The highest BCUT2D eigenvalue weighted by Gasteiger charge is 2.28. The van der Waals surface area contributed by atoms with Crippen LogP contribution in [0.4, 0.5) is 8.78 Å². The standard InChI is InChI=1S/C22H18ClF2N3O4/c23-12-1-2-16-17(9-12)32-21-18(25)15(24)10-13-19(21)28(16)11-14(20(13)29)22(30)26-3-4-27-5-7-31-8-6-27/h1-2,9-11H,3-8H2,(H,26,30). The molecule has 0 saturated carbocycles. The summed E-state index contributed by atoms with van der Waals surface area (Å²) in [6.45, 7) is 3.75. The lowest BCUT2D eigenvalue weighted by Crippen LogP contribution is -2.42. The summed E-state index contributed by atoms with van der Waals surface area (Å²) in [5.41, 5.74) is -0.394. The molecular weight excluding hydrogens is 444 g/mol. The molecule has 0 radical (unpaired) electrons. The highest BCUT2D eigenvalue weighted by atomic mass is 35.5. The van der Waals surface area contributed by atoms with Crippen molar-refractivity contribution in [1.29, 1.82) is 0 Å². The van der Waals surface area contributed by atoms with Crippen molar-refractivity contribution < 1.29 is 23.0 Å². The second kappa shape index (κ2) is 8.16. The van der Waals surface area contributed by atoms with Crippen LogP contribution in [-0.2, 0) is 4.74 Å². The maximum atomic E-state index is 14.5. The summed E-state index contributed by atoms with van der Waals surface area (Å²) in [5.74, 6) is -3.31. The molecule has 2 aliphatic heterocycles. The number of nitrogens with zero attached hydrogens (tertiary/aromatic N) is 2. The van der Waals surface area contributed by atoms with E-state index in [0.29, 0.717) is 37.0 Å². The Bertz CT molecular complexity index is 1300. The molecule has 1 aromatic heterocycles. The molecule has 166 valence electrons. The van der Waals surface area contributed by atoms with E-state index < -0.39 is 28.7 Å². The number of nitrogens with one attached hydrogen (secondary N) is 1. The summed E-state index contributed by atoms with van der Waals surface area (Å²) >= 11 is 6.02. The van der Waals surface area contributed by atoms with E-state index in [9.17, 15) is 18.4 Å². The number of hydrogen-bond donors (Lipinski definition) is 1. The lowest BCUT2D eigenvalue weighted by Gasteiger charge is -2.26. The van der Waals surface area contributed by atoms with Crippen LogP contribution in [0, 0.1) is 11.6 Å². The zero-order valence-electron chi connectivity index (χ0n) is 16.8. The number of amides is 1. The van der Waals surface area contributed by atoms with E-state index in [2.05, 4.69) is 10.2 Å². The number of hydrogen-bond acceptors (Lipinski definition) is 5. The lowest BCUT2D eigenvalue weighted by molar-refractivity contribution is 0.0383. The van der Waals surface area contributed by atoms with Crippen molar-refractivity contribution in [3.05, 3.63) is 62.9 Å². The van der Waals surface area contributed by atoms with E-state index in [-0.39, 0.29) is 22.2 Å². The van der Waals surface area contributed by atoms with E-state index in [1.165, 1.54) is 16.8 Å². The molecule has 0 bridgehead atoms. The molecule has 10 heteroatoms. The van der Waals surface area contributed by atoms with Crippen LogP contribution in [0.25, 0.3) is 16.6 Å². The molecule has 0 unspecified atom stereocenters. The maximum absolute atomic E-state index is 14.5. The van der Waals surface area contributed by atoms with Gasteiger partial charge in [0.25, 0.3) is 5.91 Å². The zero-order valence-corrected chi connectivity index (χ0v) is 17.5. The number of carbonyl (C=O) groups is 1. The quantitative estimate of drug-likeness (QED) is 0.505. The fraction of sp³-hybridized carbons (Fsp3) is 0.273. The number of ether oxygens (including phenoxy) is 2. The van der Waals surface area contributed by atoms with E-state index >= 15 is 0 Å². The molecule has 32 heavy (non-hydrogen) atoms. The first kappa shape index (κ1) is 20.9. The summed E-state index contributed by atoms with van der Waals surface area (Å²) in [5, 5.41) is 2.92. The molecule has 2 aliphatic rings. The lowest BCUT2D eigenvalue weighted by atomic mass is 10.1. The predicted octanol–water partition coefficient (Wildman–Crippen LogP) is 3.09. The molecule has 1 amide bonds. The number of carbonyl (C=O) groups excluding carboxylic acids is 1. The van der Waals surface area contributed by atoms with Crippen molar-refractivity contribution in [2.24, 2.45) is 0 Å². The van der Waals surface area contributed by atoms with Crippen molar-refractivity contribution >= 4 is 28.4 Å². The van der Waals surface area contributed by atoms with Gasteiger partial charge in [0.1, 0.15) is 11.1 Å². The highest BCUT2D eigenvalue weighted by Crippen LogP contribution is 2.42. The first-order chi connectivity index (χ1) is 15.4. The molecular formula is C22H18ClF2N3O4. The second-order valence-electron chi connectivity index (χ2n) is 7.56. The largest absolute Gasteiger partial charge is 0.450 e. The normalized spacial score (nSPS) is 15.3. The third kappa shape index (κ3) is 3.52. The monoisotopic (exact) mass is 461 g/mol. The fourth-order valence-corrected chi connectivity index (χ4v) is 4.14. The Morgan fingerprint density at radius 3 is 2.75 bits per heavy atom. The van der Waals surface area contributed by atoms with Crippen LogP contribution >= 0.6 is 11.6 Å². The maximum Gasteiger partial charge on any atom is 0.256 e. The van der Waals surface area contributed by atoms with Gasteiger partial charge in [-0.1, -0.05) is 11.6 Å². The Morgan fingerprint density at radius 2 is 1.97 bits per heavy atom. The third-order valence-electron chi connectivity index (χ3n) is 5.59. The Kier molecular flexibility index (Phi) is 5.32. The summed E-state index contributed by atoms with van der Waals surface area (Å²) < 4.78 is 41.1. The van der Waals surface area contributed by atoms with Gasteiger partial charge in [-0.3, -0.25) is 14.5 Å². The molecule has 0 aliphatic carbocycles. The van der Waals surface area contributed by atoms with E-state index in [1.54, 1.807) is 12.1 Å². The fourth-order valence-electron chi connectivity index (χ4n) is 3.97. The molecule has 3 heterocycles. The number of rotatable bonds is 4. The minimum atomic E-state index is -1.24. The average Bonchev–Trinajstić information content (AvgIpc) is 2.79. The minimum absolute atomic E-state index is 0.0496. The molecule has 1 N–H and O–H groups in total. The number of fused-ring (bicyclic) bond motifs is 2. The van der Waals surface area contributed by atoms with E-state index in [0.717, 1.165) is 19.2 Å². The Morgan fingerprint density at radius 1 is 1.19 bits per heavy atom. The van der Waals surface area contributed by atoms with Crippen LogP contribution in [0.1, 0.15) is 10.4 Å². The van der Waals surface area contributed by atoms with Gasteiger partial charge in [0, 0.05) is 43.5 Å². The van der Waals surface area contributed by atoms with Gasteiger partial charge in [0.15, 0.2) is 17.3 Å². The van der Waals surface area contributed by atoms with Crippen molar-refractivity contribution in [2.45, 2.75) is 0 Å². The van der Waals surface area contributed by atoms with Crippen LogP contribution in [-0.4, -0.2) is 54.8 Å². The SMILES string of the molecule is O=C(NCCN1CCOCC1)c1cn2c3c(c(F)c(F)cc3c1=O)Oc1cc(Cl)ccc1-2. The molecule has 1 fully saturated rings. The predicted molar refractivity (Wildman–Crippen MR) is 114 cm³/mol. The first-order valence-electron chi connectivity index (χ1n) is 10.1. The second-order valence-corrected chi connectivity index (χ2v) is 8.00.